The van der Waals surface area contributed by atoms with E-state index in [1.54, 1.807) is 0 Å². The van der Waals surface area contributed by atoms with E-state index in [0.717, 1.165) is 44.5 Å². The quantitative estimate of drug-likeness (QED) is 0.899. The molecule has 1 saturated carbocycles. The van der Waals surface area contributed by atoms with Crippen LogP contribution in [0.2, 0.25) is 0 Å². The summed E-state index contributed by atoms with van der Waals surface area (Å²) in [5.41, 5.74) is 1.38. The number of H-pyrrole nitrogens is 1. The summed E-state index contributed by atoms with van der Waals surface area (Å²) < 4.78 is 11.3. The van der Waals surface area contributed by atoms with E-state index in [4.69, 9.17) is 9.47 Å². The van der Waals surface area contributed by atoms with Crippen LogP contribution >= 0.6 is 0 Å². The van der Waals surface area contributed by atoms with Gasteiger partial charge in [0.25, 0.3) is 5.91 Å². The molecule has 1 atom stereocenters. The molecule has 2 aliphatic heterocycles. The number of hydrogen-bond acceptors (Lipinski definition) is 5. The van der Waals surface area contributed by atoms with Crippen molar-refractivity contribution in [2.45, 2.75) is 37.7 Å². The molecule has 1 N–H and O–H groups in total. The second kappa shape index (κ2) is 5.96. The molecule has 1 aliphatic carbocycles. The topological polar surface area (TPSA) is 80.3 Å². The van der Waals surface area contributed by atoms with E-state index in [1.807, 2.05) is 4.90 Å². The molecule has 3 aliphatic rings. The summed E-state index contributed by atoms with van der Waals surface area (Å²) in [7, 11) is 0. The molecule has 22 heavy (non-hydrogen) atoms. The first-order valence-electron chi connectivity index (χ1n) is 8.22. The van der Waals surface area contributed by atoms with Crippen LogP contribution in [0.5, 0.6) is 0 Å². The van der Waals surface area contributed by atoms with Gasteiger partial charge >= 0.3 is 0 Å². The number of likely N-dealkylation sites (tertiary alicyclic amines) is 1. The van der Waals surface area contributed by atoms with Crippen LogP contribution in [0.1, 0.15) is 47.8 Å². The molecule has 7 nitrogen and oxygen atoms in total. The summed E-state index contributed by atoms with van der Waals surface area (Å²) in [6, 6.07) is 0. The smallest absolute Gasteiger partial charge is 0.276 e. The number of ether oxygens (including phenoxy) is 2. The Balaban J connectivity index is 1.36. The molecule has 0 bridgehead atoms. The molecule has 1 amide bonds. The van der Waals surface area contributed by atoms with Gasteiger partial charge in [-0.2, -0.15) is 15.4 Å². The van der Waals surface area contributed by atoms with Gasteiger partial charge in [0, 0.05) is 19.0 Å². The minimum absolute atomic E-state index is 0.0231. The lowest BCUT2D eigenvalue weighted by molar-refractivity contribution is -0.117. The van der Waals surface area contributed by atoms with E-state index in [9.17, 15) is 4.79 Å². The van der Waals surface area contributed by atoms with Crippen LogP contribution in [0.4, 0.5) is 0 Å². The predicted molar refractivity (Wildman–Crippen MR) is 77.5 cm³/mol. The number of rotatable bonds is 3. The fourth-order valence-corrected chi connectivity index (χ4v) is 3.44. The summed E-state index contributed by atoms with van der Waals surface area (Å²) in [6.45, 7) is 3.60. The van der Waals surface area contributed by atoms with Crippen molar-refractivity contribution in [3.8, 4) is 0 Å². The molecule has 0 aromatic carbocycles. The lowest BCUT2D eigenvalue weighted by Gasteiger charge is -2.37. The zero-order valence-electron chi connectivity index (χ0n) is 12.7. The van der Waals surface area contributed by atoms with Crippen LogP contribution in [0, 0.1) is 5.92 Å². The van der Waals surface area contributed by atoms with Crippen molar-refractivity contribution in [3.63, 3.8) is 0 Å². The SMILES string of the molecule is O=C(c1n[nH]nc1C1CC1)N1CCC(C2COCCO2)CC1. The van der Waals surface area contributed by atoms with E-state index in [-0.39, 0.29) is 12.0 Å². The Morgan fingerprint density at radius 2 is 1.95 bits per heavy atom. The van der Waals surface area contributed by atoms with Crippen molar-refractivity contribution < 1.29 is 14.3 Å². The minimum atomic E-state index is 0.0231. The molecule has 3 fully saturated rings. The molecule has 3 heterocycles. The molecule has 1 unspecified atom stereocenters. The van der Waals surface area contributed by atoms with Crippen molar-refractivity contribution in [3.05, 3.63) is 11.4 Å². The number of hydrogen-bond donors (Lipinski definition) is 1. The average Bonchev–Trinajstić information content (AvgIpc) is 3.32. The maximum atomic E-state index is 12.6. The number of aromatic amines is 1. The second-order valence-corrected chi connectivity index (χ2v) is 6.45. The van der Waals surface area contributed by atoms with Crippen LogP contribution in [-0.2, 0) is 9.47 Å². The number of carbonyl (C=O) groups excluding carboxylic acids is 1. The molecular formula is C15H22N4O3. The largest absolute Gasteiger partial charge is 0.376 e. The van der Waals surface area contributed by atoms with Gasteiger partial charge in [0.1, 0.15) is 0 Å². The highest BCUT2D eigenvalue weighted by Crippen LogP contribution is 2.40. The summed E-state index contributed by atoms with van der Waals surface area (Å²) in [6.07, 6.45) is 4.37. The average molecular weight is 306 g/mol. The van der Waals surface area contributed by atoms with Crippen LogP contribution in [0.3, 0.4) is 0 Å². The van der Waals surface area contributed by atoms with E-state index < -0.39 is 0 Å². The molecular weight excluding hydrogens is 284 g/mol. The second-order valence-electron chi connectivity index (χ2n) is 6.45. The Bertz CT molecular complexity index is 529. The highest BCUT2D eigenvalue weighted by atomic mass is 16.6. The predicted octanol–water partition coefficient (Wildman–Crippen LogP) is 0.950. The Kier molecular flexibility index (Phi) is 3.83. The molecule has 1 aromatic rings. The number of nitrogens with one attached hydrogen (secondary N) is 1. The summed E-state index contributed by atoms with van der Waals surface area (Å²) in [5, 5.41) is 10.9. The van der Waals surface area contributed by atoms with Crippen LogP contribution < -0.4 is 0 Å². The highest BCUT2D eigenvalue weighted by molar-refractivity contribution is 5.93. The van der Waals surface area contributed by atoms with Gasteiger partial charge in [-0.3, -0.25) is 4.79 Å². The molecule has 0 radical (unpaired) electrons. The van der Waals surface area contributed by atoms with E-state index in [2.05, 4.69) is 15.4 Å². The summed E-state index contributed by atoms with van der Waals surface area (Å²) >= 11 is 0. The number of aromatic nitrogens is 3. The van der Waals surface area contributed by atoms with Gasteiger partial charge < -0.3 is 14.4 Å². The molecule has 1 aromatic heterocycles. The third-order valence-corrected chi connectivity index (χ3v) is 4.94. The third kappa shape index (κ3) is 2.75. The molecule has 4 rings (SSSR count). The van der Waals surface area contributed by atoms with Gasteiger partial charge in [0.2, 0.25) is 0 Å². The van der Waals surface area contributed by atoms with Crippen molar-refractivity contribution in [2.24, 2.45) is 5.92 Å². The van der Waals surface area contributed by atoms with Gasteiger partial charge in [-0.15, -0.1) is 0 Å². The first-order valence-corrected chi connectivity index (χ1v) is 8.22. The number of piperidine rings is 1. The summed E-state index contributed by atoms with van der Waals surface area (Å²) in [4.78, 5) is 14.6. The number of carbonyl (C=O) groups is 1. The van der Waals surface area contributed by atoms with Gasteiger partial charge in [0.05, 0.1) is 31.6 Å². The first-order chi connectivity index (χ1) is 10.8. The van der Waals surface area contributed by atoms with E-state index >= 15 is 0 Å². The van der Waals surface area contributed by atoms with Crippen LogP contribution in [0.25, 0.3) is 0 Å². The van der Waals surface area contributed by atoms with Gasteiger partial charge in [0.15, 0.2) is 5.69 Å². The minimum Gasteiger partial charge on any atom is -0.376 e. The van der Waals surface area contributed by atoms with Crippen LogP contribution in [0.15, 0.2) is 0 Å². The van der Waals surface area contributed by atoms with Crippen molar-refractivity contribution in [1.29, 1.82) is 0 Å². The lowest BCUT2D eigenvalue weighted by Crippen LogP contribution is -2.44. The van der Waals surface area contributed by atoms with Crippen molar-refractivity contribution >= 4 is 5.91 Å². The molecule has 120 valence electrons. The monoisotopic (exact) mass is 306 g/mol. The Morgan fingerprint density at radius 3 is 2.64 bits per heavy atom. The first kappa shape index (κ1) is 14.1. The number of nitrogens with zero attached hydrogens (tertiary/aromatic N) is 3. The van der Waals surface area contributed by atoms with E-state index in [0.29, 0.717) is 37.4 Å². The standard InChI is InChI=1S/C15H22N4O3/c20-15(14-13(11-1-2-11)16-18-17-14)19-5-3-10(4-6-19)12-9-21-7-8-22-12/h10-12H,1-9H2,(H,16,17,18). The lowest BCUT2D eigenvalue weighted by atomic mass is 9.91. The fourth-order valence-electron chi connectivity index (χ4n) is 3.44. The van der Waals surface area contributed by atoms with Crippen molar-refractivity contribution in [2.75, 3.05) is 32.9 Å². The number of amides is 1. The zero-order chi connectivity index (χ0) is 14.9. The molecule has 0 spiro atoms. The molecule has 2 saturated heterocycles. The van der Waals surface area contributed by atoms with Crippen LogP contribution in [-0.4, -0.2) is 65.2 Å². The Labute approximate surface area is 129 Å². The zero-order valence-corrected chi connectivity index (χ0v) is 12.7. The van der Waals surface area contributed by atoms with Gasteiger partial charge in [-0.25, -0.2) is 0 Å². The Hall–Kier alpha value is -1.47. The fraction of sp³-hybridized carbons (Fsp3) is 0.800. The maximum Gasteiger partial charge on any atom is 0.276 e. The van der Waals surface area contributed by atoms with Crippen molar-refractivity contribution in [1.82, 2.24) is 20.3 Å². The third-order valence-electron chi connectivity index (χ3n) is 4.94. The van der Waals surface area contributed by atoms with E-state index in [1.165, 1.54) is 0 Å². The van der Waals surface area contributed by atoms with Gasteiger partial charge in [-0.1, -0.05) is 0 Å². The highest BCUT2D eigenvalue weighted by Gasteiger charge is 2.35. The molecule has 7 heteroatoms. The maximum absolute atomic E-state index is 12.6. The van der Waals surface area contributed by atoms with Gasteiger partial charge in [-0.05, 0) is 31.6 Å². The Morgan fingerprint density at radius 1 is 1.14 bits per heavy atom. The summed E-state index contributed by atoms with van der Waals surface area (Å²) in [5.74, 6) is 0.947. The normalized spacial score (nSPS) is 27.1.